The zero-order valence-electron chi connectivity index (χ0n) is 9.89. The van der Waals surface area contributed by atoms with Gasteiger partial charge in [0.1, 0.15) is 0 Å². The van der Waals surface area contributed by atoms with Crippen LogP contribution >= 0.6 is 0 Å². The fourth-order valence-electron chi connectivity index (χ4n) is 2.10. The first kappa shape index (κ1) is 10.9. The van der Waals surface area contributed by atoms with Gasteiger partial charge in [-0.15, -0.1) is 0 Å². The number of anilines is 2. The molecule has 0 unspecified atom stereocenters. The second kappa shape index (κ2) is 4.56. The molecule has 0 fully saturated rings. The standard InChI is InChI=1S/C14H13N3O/c18-13-8-4-7-12-11(13)9-15-14(17-12)16-10-5-2-1-3-6-10/h1-3,5-6,9H,4,7-8H2,(H,15,16,17). The van der Waals surface area contributed by atoms with Gasteiger partial charge in [0.2, 0.25) is 5.95 Å². The van der Waals surface area contributed by atoms with Crippen LogP contribution in [0.1, 0.15) is 28.9 Å². The van der Waals surface area contributed by atoms with E-state index in [1.165, 1.54) is 0 Å². The van der Waals surface area contributed by atoms with Crippen LogP contribution in [0.2, 0.25) is 0 Å². The Labute approximate surface area is 105 Å². The lowest BCUT2D eigenvalue weighted by Gasteiger charge is -2.14. The van der Waals surface area contributed by atoms with Crippen LogP contribution in [-0.2, 0) is 6.42 Å². The minimum atomic E-state index is 0.155. The molecule has 0 spiro atoms. The Balaban J connectivity index is 1.89. The summed E-state index contributed by atoms with van der Waals surface area (Å²) in [5.41, 5.74) is 2.49. The van der Waals surface area contributed by atoms with Crippen LogP contribution in [0.15, 0.2) is 36.5 Å². The molecule has 0 saturated carbocycles. The van der Waals surface area contributed by atoms with Gasteiger partial charge in [-0.1, -0.05) is 18.2 Å². The maximum Gasteiger partial charge on any atom is 0.227 e. The van der Waals surface area contributed by atoms with Crippen molar-refractivity contribution in [2.45, 2.75) is 19.3 Å². The third kappa shape index (κ3) is 2.09. The van der Waals surface area contributed by atoms with E-state index in [4.69, 9.17) is 0 Å². The van der Waals surface area contributed by atoms with Crippen LogP contribution < -0.4 is 5.32 Å². The third-order valence-corrected chi connectivity index (χ3v) is 3.02. The molecule has 4 heteroatoms. The SMILES string of the molecule is O=C1CCCc2nc(Nc3ccccc3)ncc21. The van der Waals surface area contributed by atoms with Crippen molar-refractivity contribution in [3.05, 3.63) is 47.8 Å². The van der Waals surface area contributed by atoms with Crippen molar-refractivity contribution in [2.24, 2.45) is 0 Å². The smallest absolute Gasteiger partial charge is 0.227 e. The van der Waals surface area contributed by atoms with Crippen molar-refractivity contribution in [1.29, 1.82) is 0 Å². The van der Waals surface area contributed by atoms with Gasteiger partial charge in [-0.05, 0) is 25.0 Å². The molecule has 0 bridgehead atoms. The molecule has 1 aromatic carbocycles. The second-order valence-corrected chi connectivity index (χ2v) is 4.32. The molecule has 1 heterocycles. The van der Waals surface area contributed by atoms with Crippen molar-refractivity contribution < 1.29 is 4.79 Å². The summed E-state index contributed by atoms with van der Waals surface area (Å²) in [6, 6.07) is 9.76. The first-order valence-electron chi connectivity index (χ1n) is 6.04. The van der Waals surface area contributed by atoms with E-state index in [0.29, 0.717) is 17.9 Å². The number of nitrogens with zero attached hydrogens (tertiary/aromatic N) is 2. The number of rotatable bonds is 2. The van der Waals surface area contributed by atoms with Crippen molar-refractivity contribution in [3.63, 3.8) is 0 Å². The largest absolute Gasteiger partial charge is 0.324 e. The summed E-state index contributed by atoms with van der Waals surface area (Å²) in [6.45, 7) is 0. The summed E-state index contributed by atoms with van der Waals surface area (Å²) >= 11 is 0. The Morgan fingerprint density at radius 3 is 2.78 bits per heavy atom. The highest BCUT2D eigenvalue weighted by atomic mass is 16.1. The molecule has 0 atom stereocenters. The molecule has 1 aliphatic carbocycles. The average molecular weight is 239 g/mol. The molecule has 90 valence electrons. The lowest BCUT2D eigenvalue weighted by Crippen LogP contribution is -2.14. The molecule has 2 aromatic rings. The number of fused-ring (bicyclic) bond motifs is 1. The number of carbonyl (C=O) groups excluding carboxylic acids is 1. The topological polar surface area (TPSA) is 54.9 Å². The van der Waals surface area contributed by atoms with E-state index >= 15 is 0 Å². The quantitative estimate of drug-likeness (QED) is 0.875. The molecule has 4 nitrogen and oxygen atoms in total. The number of benzene rings is 1. The monoisotopic (exact) mass is 239 g/mol. The van der Waals surface area contributed by atoms with Gasteiger partial charge in [0.15, 0.2) is 5.78 Å². The molecular weight excluding hydrogens is 226 g/mol. The van der Waals surface area contributed by atoms with Gasteiger partial charge in [0.05, 0.1) is 11.3 Å². The molecule has 0 aliphatic heterocycles. The molecule has 3 rings (SSSR count). The first-order valence-corrected chi connectivity index (χ1v) is 6.04. The Morgan fingerprint density at radius 1 is 1.11 bits per heavy atom. The molecule has 0 radical (unpaired) electrons. The summed E-state index contributed by atoms with van der Waals surface area (Å²) in [4.78, 5) is 20.3. The van der Waals surface area contributed by atoms with Crippen molar-refractivity contribution in [3.8, 4) is 0 Å². The van der Waals surface area contributed by atoms with Crippen molar-refractivity contribution in [2.75, 3.05) is 5.32 Å². The van der Waals surface area contributed by atoms with Crippen LogP contribution in [0, 0.1) is 0 Å². The number of aromatic nitrogens is 2. The number of aryl methyl sites for hydroxylation is 1. The zero-order chi connectivity index (χ0) is 12.4. The summed E-state index contributed by atoms with van der Waals surface area (Å²) in [5.74, 6) is 0.706. The fourth-order valence-corrected chi connectivity index (χ4v) is 2.10. The minimum absolute atomic E-state index is 0.155. The number of Topliss-reactive ketones (excluding diaryl/α,β-unsaturated/α-hetero) is 1. The van der Waals surface area contributed by atoms with Gasteiger partial charge in [0, 0.05) is 18.3 Å². The van der Waals surface area contributed by atoms with E-state index in [1.54, 1.807) is 6.20 Å². The third-order valence-electron chi connectivity index (χ3n) is 3.02. The van der Waals surface area contributed by atoms with E-state index in [-0.39, 0.29) is 5.78 Å². The molecule has 1 aliphatic rings. The number of para-hydroxylation sites is 1. The van der Waals surface area contributed by atoms with Crippen LogP contribution in [0.3, 0.4) is 0 Å². The Bertz CT molecular complexity index is 581. The van der Waals surface area contributed by atoms with E-state index < -0.39 is 0 Å². The van der Waals surface area contributed by atoms with E-state index in [9.17, 15) is 4.79 Å². The number of ketones is 1. The number of carbonyl (C=O) groups is 1. The van der Waals surface area contributed by atoms with Gasteiger partial charge in [-0.2, -0.15) is 0 Å². The lowest BCUT2D eigenvalue weighted by molar-refractivity contribution is 0.0971. The average Bonchev–Trinajstić information content (AvgIpc) is 2.40. The number of hydrogen-bond acceptors (Lipinski definition) is 4. The summed E-state index contributed by atoms with van der Waals surface area (Å²) in [5, 5.41) is 3.14. The van der Waals surface area contributed by atoms with Crippen LogP contribution in [0.25, 0.3) is 0 Å². The summed E-state index contributed by atoms with van der Waals surface area (Å²) in [6.07, 6.45) is 3.98. The van der Waals surface area contributed by atoms with E-state index in [2.05, 4.69) is 15.3 Å². The van der Waals surface area contributed by atoms with Gasteiger partial charge in [-0.25, -0.2) is 9.97 Å². The fraction of sp³-hybridized carbons (Fsp3) is 0.214. The first-order chi connectivity index (χ1) is 8.83. The van der Waals surface area contributed by atoms with Gasteiger partial charge in [0.25, 0.3) is 0 Å². The molecule has 1 aromatic heterocycles. The Hall–Kier alpha value is -2.23. The maximum atomic E-state index is 11.7. The Kier molecular flexibility index (Phi) is 2.76. The van der Waals surface area contributed by atoms with Crippen molar-refractivity contribution in [1.82, 2.24) is 9.97 Å². The number of nitrogens with one attached hydrogen (secondary N) is 1. The molecule has 1 N–H and O–H groups in total. The summed E-state index contributed by atoms with van der Waals surface area (Å²) < 4.78 is 0. The maximum absolute atomic E-state index is 11.7. The lowest BCUT2D eigenvalue weighted by atomic mass is 9.96. The molecular formula is C14H13N3O. The predicted molar refractivity (Wildman–Crippen MR) is 69.0 cm³/mol. The highest BCUT2D eigenvalue weighted by Crippen LogP contribution is 2.20. The normalized spacial score (nSPS) is 14.1. The minimum Gasteiger partial charge on any atom is -0.324 e. The number of hydrogen-bond donors (Lipinski definition) is 1. The Morgan fingerprint density at radius 2 is 1.94 bits per heavy atom. The van der Waals surface area contributed by atoms with E-state index in [0.717, 1.165) is 24.2 Å². The highest BCUT2D eigenvalue weighted by molar-refractivity contribution is 5.97. The van der Waals surface area contributed by atoms with Crippen LogP contribution in [-0.4, -0.2) is 15.8 Å². The molecule has 0 saturated heterocycles. The van der Waals surface area contributed by atoms with Gasteiger partial charge in [-0.3, -0.25) is 4.79 Å². The van der Waals surface area contributed by atoms with Crippen LogP contribution in [0.5, 0.6) is 0 Å². The van der Waals surface area contributed by atoms with E-state index in [1.807, 2.05) is 30.3 Å². The van der Waals surface area contributed by atoms with Crippen LogP contribution in [0.4, 0.5) is 11.6 Å². The second-order valence-electron chi connectivity index (χ2n) is 4.32. The van der Waals surface area contributed by atoms with Crippen molar-refractivity contribution >= 4 is 17.4 Å². The molecule has 0 amide bonds. The highest BCUT2D eigenvalue weighted by Gasteiger charge is 2.19. The van der Waals surface area contributed by atoms with Gasteiger partial charge >= 0.3 is 0 Å². The predicted octanol–water partition coefficient (Wildman–Crippen LogP) is 2.74. The molecule has 18 heavy (non-hydrogen) atoms. The zero-order valence-corrected chi connectivity index (χ0v) is 9.89. The summed E-state index contributed by atoms with van der Waals surface area (Å²) in [7, 11) is 0. The van der Waals surface area contributed by atoms with Gasteiger partial charge < -0.3 is 5.32 Å².